The molecule has 1 aliphatic rings. The smallest absolute Gasteiger partial charge is 0.332 e. The normalized spacial score (nSPS) is 17.3. The summed E-state index contributed by atoms with van der Waals surface area (Å²) in [6.07, 6.45) is 5.41. The van der Waals surface area contributed by atoms with Crippen molar-refractivity contribution in [3.8, 4) is 0 Å². The number of aryl methyl sites for hydroxylation is 1. The Kier molecular flexibility index (Phi) is 3.59. The molecular formula is C14H19N5O3. The van der Waals surface area contributed by atoms with Gasteiger partial charge in [0.1, 0.15) is 0 Å². The van der Waals surface area contributed by atoms with Gasteiger partial charge in [-0.25, -0.2) is 4.79 Å². The zero-order valence-electron chi connectivity index (χ0n) is 12.7. The fraction of sp³-hybridized carbons (Fsp3) is 0.571. The van der Waals surface area contributed by atoms with Gasteiger partial charge < -0.3 is 5.21 Å². The van der Waals surface area contributed by atoms with E-state index in [-0.39, 0.29) is 22.6 Å². The molecule has 1 N–H and O–H groups in total. The highest BCUT2D eigenvalue weighted by Gasteiger charge is 2.14. The van der Waals surface area contributed by atoms with E-state index < -0.39 is 11.2 Å². The van der Waals surface area contributed by atoms with E-state index in [0.717, 1.165) is 30.3 Å². The van der Waals surface area contributed by atoms with Crippen LogP contribution in [-0.4, -0.2) is 30.3 Å². The topological polar surface area (TPSA) is 94.4 Å². The maximum Gasteiger partial charge on any atom is 0.332 e. The van der Waals surface area contributed by atoms with E-state index in [4.69, 9.17) is 0 Å². The minimum Gasteiger partial charge on any atom is -0.410 e. The lowest BCUT2D eigenvalue weighted by Gasteiger charge is -2.17. The van der Waals surface area contributed by atoms with E-state index in [9.17, 15) is 14.8 Å². The zero-order chi connectivity index (χ0) is 15.9. The van der Waals surface area contributed by atoms with Crippen LogP contribution in [0, 0.1) is 0 Å². The van der Waals surface area contributed by atoms with Crippen molar-refractivity contribution < 1.29 is 5.21 Å². The number of rotatable bonds is 1. The molecule has 0 aromatic carbocycles. The third-order valence-corrected chi connectivity index (χ3v) is 4.22. The molecule has 1 saturated carbocycles. The molecule has 0 atom stereocenters. The third kappa shape index (κ3) is 2.34. The Bertz CT molecular complexity index is 900. The van der Waals surface area contributed by atoms with Gasteiger partial charge in [-0.2, -0.15) is 0 Å². The maximum absolute atomic E-state index is 12.2. The molecule has 1 aliphatic carbocycles. The summed E-state index contributed by atoms with van der Waals surface area (Å²) in [6.45, 7) is 0. The van der Waals surface area contributed by atoms with Crippen molar-refractivity contribution in [3.05, 3.63) is 32.4 Å². The molecule has 0 radical (unpaired) electrons. The van der Waals surface area contributed by atoms with Gasteiger partial charge in [0, 0.05) is 20.2 Å². The molecule has 0 spiro atoms. The Morgan fingerprint density at radius 2 is 1.86 bits per heavy atom. The minimum absolute atomic E-state index is 0.137. The van der Waals surface area contributed by atoms with Crippen LogP contribution in [0.3, 0.4) is 0 Å². The minimum atomic E-state index is -0.484. The summed E-state index contributed by atoms with van der Waals surface area (Å²) in [5.74, 6) is 0. The first-order chi connectivity index (χ1) is 10.5. The van der Waals surface area contributed by atoms with Crippen molar-refractivity contribution in [2.75, 3.05) is 0 Å². The summed E-state index contributed by atoms with van der Waals surface area (Å²) >= 11 is 0. The van der Waals surface area contributed by atoms with E-state index in [0.29, 0.717) is 4.85 Å². The molecule has 1 fully saturated rings. The molecule has 0 saturated heterocycles. The SMILES string of the molecule is Cn1c(=O)c2cc(=NC3CCCCC3)n(O)nc2n(C)c1=O. The Hall–Kier alpha value is -2.38. The number of aromatic nitrogens is 4. The van der Waals surface area contributed by atoms with Gasteiger partial charge in [0.05, 0.1) is 11.4 Å². The fourth-order valence-corrected chi connectivity index (χ4v) is 2.92. The average molecular weight is 305 g/mol. The second-order valence-corrected chi connectivity index (χ2v) is 5.76. The molecule has 8 nitrogen and oxygen atoms in total. The zero-order valence-corrected chi connectivity index (χ0v) is 12.7. The molecule has 118 valence electrons. The molecule has 0 bridgehead atoms. The van der Waals surface area contributed by atoms with E-state index in [1.54, 1.807) is 0 Å². The molecule has 0 amide bonds. The Morgan fingerprint density at radius 1 is 1.18 bits per heavy atom. The van der Waals surface area contributed by atoms with Gasteiger partial charge in [-0.3, -0.25) is 18.9 Å². The van der Waals surface area contributed by atoms with Crippen LogP contribution in [0.5, 0.6) is 0 Å². The average Bonchev–Trinajstić information content (AvgIpc) is 2.53. The van der Waals surface area contributed by atoms with Crippen molar-refractivity contribution in [1.29, 1.82) is 0 Å². The summed E-state index contributed by atoms with van der Waals surface area (Å²) in [5.41, 5.74) is -0.540. The van der Waals surface area contributed by atoms with Crippen molar-refractivity contribution in [3.63, 3.8) is 0 Å². The largest absolute Gasteiger partial charge is 0.410 e. The van der Waals surface area contributed by atoms with E-state index >= 15 is 0 Å². The molecule has 0 unspecified atom stereocenters. The van der Waals surface area contributed by atoms with Gasteiger partial charge in [-0.05, 0) is 12.8 Å². The van der Waals surface area contributed by atoms with Crippen LogP contribution in [0.4, 0.5) is 0 Å². The van der Waals surface area contributed by atoms with E-state index in [2.05, 4.69) is 10.1 Å². The first-order valence-electron chi connectivity index (χ1n) is 7.42. The summed E-state index contributed by atoms with van der Waals surface area (Å²) in [5, 5.41) is 14.2. The maximum atomic E-state index is 12.2. The number of fused-ring (bicyclic) bond motifs is 1. The van der Waals surface area contributed by atoms with Gasteiger partial charge in [0.25, 0.3) is 5.56 Å². The number of hydrogen-bond donors (Lipinski definition) is 1. The summed E-state index contributed by atoms with van der Waals surface area (Å²) in [6, 6.07) is 1.64. The molecule has 8 heteroatoms. The monoisotopic (exact) mass is 305 g/mol. The lowest BCUT2D eigenvalue weighted by atomic mass is 9.96. The quantitative estimate of drug-likeness (QED) is 0.745. The highest BCUT2D eigenvalue weighted by Crippen LogP contribution is 2.19. The molecule has 2 aromatic rings. The Labute approximate surface area is 125 Å². The van der Waals surface area contributed by atoms with Crippen LogP contribution in [0.2, 0.25) is 0 Å². The first-order valence-corrected chi connectivity index (χ1v) is 7.42. The van der Waals surface area contributed by atoms with Crippen molar-refractivity contribution in [1.82, 2.24) is 19.1 Å². The van der Waals surface area contributed by atoms with Gasteiger partial charge in [-0.1, -0.05) is 24.1 Å². The van der Waals surface area contributed by atoms with Crippen molar-refractivity contribution in [2.45, 2.75) is 38.1 Å². The third-order valence-electron chi connectivity index (χ3n) is 4.22. The molecule has 3 rings (SSSR count). The lowest BCUT2D eigenvalue weighted by molar-refractivity contribution is 0.132. The molecule has 2 aromatic heterocycles. The van der Waals surface area contributed by atoms with Crippen LogP contribution in [-0.2, 0) is 14.1 Å². The van der Waals surface area contributed by atoms with E-state index in [1.807, 2.05) is 0 Å². The molecule has 22 heavy (non-hydrogen) atoms. The van der Waals surface area contributed by atoms with Gasteiger partial charge in [0.2, 0.25) is 0 Å². The highest BCUT2D eigenvalue weighted by molar-refractivity contribution is 5.72. The first kappa shape index (κ1) is 14.6. The molecule has 0 aliphatic heterocycles. The van der Waals surface area contributed by atoms with Crippen LogP contribution in [0.25, 0.3) is 11.0 Å². The lowest BCUT2D eigenvalue weighted by Crippen LogP contribution is -2.39. The summed E-state index contributed by atoms with van der Waals surface area (Å²) in [4.78, 5) is 29.3. The number of nitrogens with zero attached hydrogens (tertiary/aromatic N) is 5. The van der Waals surface area contributed by atoms with Crippen LogP contribution in [0.15, 0.2) is 20.6 Å². The Balaban J connectivity index is 2.26. The van der Waals surface area contributed by atoms with Gasteiger partial charge >= 0.3 is 5.69 Å². The fourth-order valence-electron chi connectivity index (χ4n) is 2.92. The second-order valence-electron chi connectivity index (χ2n) is 5.76. The standard InChI is InChI=1S/C14H19N5O3/c1-17-12-10(13(20)18(2)14(17)21)8-11(19(22)16-12)15-9-6-4-3-5-7-9/h8-9,22H,3-7H2,1-2H3. The van der Waals surface area contributed by atoms with Crippen LogP contribution in [0.1, 0.15) is 32.1 Å². The Morgan fingerprint density at radius 3 is 2.55 bits per heavy atom. The molecular weight excluding hydrogens is 286 g/mol. The van der Waals surface area contributed by atoms with Crippen LogP contribution >= 0.6 is 0 Å². The summed E-state index contributed by atoms with van der Waals surface area (Å²) in [7, 11) is 2.93. The van der Waals surface area contributed by atoms with Gasteiger partial charge in [-0.15, -0.1) is 5.10 Å². The highest BCUT2D eigenvalue weighted by atomic mass is 16.5. The number of hydrogen-bond acceptors (Lipinski definition) is 5. The summed E-state index contributed by atoms with van der Waals surface area (Å²) < 4.78 is 2.25. The second kappa shape index (κ2) is 5.43. The molecule has 2 heterocycles. The predicted octanol–water partition coefficient (Wildman–Crippen LogP) is -0.0956. The predicted molar refractivity (Wildman–Crippen MR) is 79.8 cm³/mol. The van der Waals surface area contributed by atoms with Crippen molar-refractivity contribution in [2.24, 2.45) is 19.1 Å². The van der Waals surface area contributed by atoms with E-state index in [1.165, 1.54) is 31.1 Å². The van der Waals surface area contributed by atoms with Crippen LogP contribution < -0.4 is 16.7 Å². The van der Waals surface area contributed by atoms with Crippen molar-refractivity contribution >= 4 is 11.0 Å². The van der Waals surface area contributed by atoms with Gasteiger partial charge in [0.15, 0.2) is 11.1 Å².